The molecule has 4 rings (SSSR count). The zero-order valence-electron chi connectivity index (χ0n) is 11.4. The van der Waals surface area contributed by atoms with Gasteiger partial charge in [0.2, 0.25) is 0 Å². The molecule has 0 spiro atoms. The molecule has 1 saturated carbocycles. The Hall–Kier alpha value is -1.80. The molecule has 0 atom stereocenters. The van der Waals surface area contributed by atoms with Gasteiger partial charge in [-0.15, -0.1) is 11.3 Å². The highest BCUT2D eigenvalue weighted by Crippen LogP contribution is 2.51. The molecule has 1 aliphatic rings. The predicted molar refractivity (Wildman–Crippen MR) is 85.8 cm³/mol. The number of thiophene rings is 1. The van der Waals surface area contributed by atoms with E-state index in [9.17, 15) is 0 Å². The van der Waals surface area contributed by atoms with Gasteiger partial charge in [0.25, 0.3) is 0 Å². The van der Waals surface area contributed by atoms with E-state index in [1.807, 2.05) is 11.3 Å². The molecule has 0 bridgehead atoms. The highest BCUT2D eigenvalue weighted by molar-refractivity contribution is 7.22. The summed E-state index contributed by atoms with van der Waals surface area (Å²) in [6, 6.07) is 17.2. The fourth-order valence-electron chi connectivity index (χ4n) is 2.80. The van der Waals surface area contributed by atoms with E-state index in [4.69, 9.17) is 4.74 Å². The van der Waals surface area contributed by atoms with Gasteiger partial charge in [-0.05, 0) is 48.1 Å². The van der Waals surface area contributed by atoms with Crippen LogP contribution in [-0.2, 0) is 0 Å². The first-order chi connectivity index (χ1) is 9.86. The summed E-state index contributed by atoms with van der Waals surface area (Å²) in [6.07, 6.45) is 2.64. The third-order valence-electron chi connectivity index (χ3n) is 3.96. The number of ether oxygens (including phenoxy) is 1. The van der Waals surface area contributed by atoms with Gasteiger partial charge in [-0.1, -0.05) is 30.3 Å². The number of hydrogen-bond donors (Lipinski definition) is 0. The second-order valence-corrected chi connectivity index (χ2v) is 6.40. The average molecular weight is 280 g/mol. The molecule has 0 unspecified atom stereocenters. The van der Waals surface area contributed by atoms with E-state index in [0.717, 1.165) is 11.7 Å². The van der Waals surface area contributed by atoms with E-state index in [-0.39, 0.29) is 0 Å². The number of fused-ring (bicyclic) bond motifs is 1. The maximum absolute atomic E-state index is 5.40. The smallest absolute Gasteiger partial charge is 0.119 e. The second kappa shape index (κ2) is 4.64. The maximum Gasteiger partial charge on any atom is 0.119 e. The predicted octanol–water partition coefficient (Wildman–Crippen LogP) is 5.45. The lowest BCUT2D eigenvalue weighted by Crippen LogP contribution is -1.84. The largest absolute Gasteiger partial charge is 0.497 e. The van der Waals surface area contributed by atoms with Crippen LogP contribution in [0.5, 0.6) is 5.75 Å². The normalized spacial score (nSPS) is 14.7. The van der Waals surface area contributed by atoms with Gasteiger partial charge in [0.05, 0.1) is 7.11 Å². The van der Waals surface area contributed by atoms with Crippen molar-refractivity contribution in [1.29, 1.82) is 0 Å². The monoisotopic (exact) mass is 280 g/mol. The Morgan fingerprint density at radius 2 is 1.85 bits per heavy atom. The van der Waals surface area contributed by atoms with Gasteiger partial charge >= 0.3 is 0 Å². The number of methoxy groups -OCH3 is 1. The van der Waals surface area contributed by atoms with Crippen LogP contribution in [0.15, 0.2) is 48.5 Å². The maximum atomic E-state index is 5.40. The molecule has 0 N–H and O–H groups in total. The summed E-state index contributed by atoms with van der Waals surface area (Å²) in [6.45, 7) is 0. The van der Waals surface area contributed by atoms with E-state index >= 15 is 0 Å². The third kappa shape index (κ3) is 1.92. The Morgan fingerprint density at radius 1 is 1.05 bits per heavy atom. The van der Waals surface area contributed by atoms with Gasteiger partial charge < -0.3 is 4.74 Å². The van der Waals surface area contributed by atoms with Crippen LogP contribution in [0.4, 0.5) is 0 Å². The first kappa shape index (κ1) is 12.0. The summed E-state index contributed by atoms with van der Waals surface area (Å²) in [5.41, 5.74) is 2.88. The Balaban J connectivity index is 1.98. The van der Waals surface area contributed by atoms with Gasteiger partial charge in [-0.3, -0.25) is 0 Å². The molecular weight excluding hydrogens is 264 g/mol. The number of benzene rings is 2. The van der Waals surface area contributed by atoms with E-state index in [0.29, 0.717) is 0 Å². The van der Waals surface area contributed by atoms with Crippen LogP contribution in [0.3, 0.4) is 0 Å². The van der Waals surface area contributed by atoms with Crippen molar-refractivity contribution in [3.63, 3.8) is 0 Å². The van der Waals surface area contributed by atoms with Crippen LogP contribution in [0, 0.1) is 0 Å². The van der Waals surface area contributed by atoms with E-state index in [2.05, 4.69) is 48.5 Å². The molecule has 0 amide bonds. The summed E-state index contributed by atoms with van der Waals surface area (Å²) in [5.74, 6) is 1.70. The van der Waals surface area contributed by atoms with Crippen molar-refractivity contribution in [3.05, 3.63) is 54.1 Å². The second-order valence-electron chi connectivity index (χ2n) is 5.35. The Kier molecular flexibility index (Phi) is 2.78. The molecule has 1 fully saturated rings. The molecule has 2 heteroatoms. The van der Waals surface area contributed by atoms with Crippen LogP contribution in [0.1, 0.15) is 24.3 Å². The van der Waals surface area contributed by atoms with Crippen LogP contribution in [0.25, 0.3) is 20.5 Å². The van der Waals surface area contributed by atoms with Crippen LogP contribution >= 0.6 is 11.3 Å². The first-order valence-electron chi connectivity index (χ1n) is 7.02. The standard InChI is InChI=1S/C18H16OS/c1-19-14-9-10-16-15(11-14)17(12-7-8-12)18(20-16)13-5-3-2-4-6-13/h2-6,9-12H,7-8H2,1H3. The Labute approximate surface area is 122 Å². The van der Waals surface area contributed by atoms with Crippen molar-refractivity contribution < 1.29 is 4.74 Å². The molecule has 0 aliphatic heterocycles. The molecule has 0 saturated heterocycles. The molecule has 100 valence electrons. The van der Waals surface area contributed by atoms with Crippen LogP contribution in [0.2, 0.25) is 0 Å². The van der Waals surface area contributed by atoms with Crippen molar-refractivity contribution in [2.45, 2.75) is 18.8 Å². The molecule has 1 aromatic heterocycles. The van der Waals surface area contributed by atoms with E-state index < -0.39 is 0 Å². The van der Waals surface area contributed by atoms with Gasteiger partial charge in [-0.2, -0.15) is 0 Å². The van der Waals surface area contributed by atoms with Gasteiger partial charge in [0, 0.05) is 15.0 Å². The van der Waals surface area contributed by atoms with Crippen molar-refractivity contribution >= 4 is 21.4 Å². The first-order valence-corrected chi connectivity index (χ1v) is 7.84. The molecule has 20 heavy (non-hydrogen) atoms. The zero-order chi connectivity index (χ0) is 13.5. The van der Waals surface area contributed by atoms with Crippen LogP contribution < -0.4 is 4.74 Å². The summed E-state index contributed by atoms with van der Waals surface area (Å²) < 4.78 is 6.76. The fourth-order valence-corrected chi connectivity index (χ4v) is 4.08. The molecule has 2 aromatic carbocycles. The van der Waals surface area contributed by atoms with E-state index in [1.165, 1.54) is 38.9 Å². The average Bonchev–Trinajstić information content (AvgIpc) is 3.27. The minimum absolute atomic E-state index is 0.742. The summed E-state index contributed by atoms with van der Waals surface area (Å²) in [7, 11) is 1.74. The topological polar surface area (TPSA) is 9.23 Å². The molecular formula is C18H16OS. The van der Waals surface area contributed by atoms with E-state index in [1.54, 1.807) is 7.11 Å². The SMILES string of the molecule is COc1ccc2sc(-c3ccccc3)c(C3CC3)c2c1. The minimum Gasteiger partial charge on any atom is -0.497 e. The quantitative estimate of drug-likeness (QED) is 0.619. The Morgan fingerprint density at radius 3 is 2.55 bits per heavy atom. The summed E-state index contributed by atoms with van der Waals surface area (Å²) in [4.78, 5) is 1.44. The van der Waals surface area contributed by atoms with Crippen molar-refractivity contribution in [3.8, 4) is 16.2 Å². The zero-order valence-corrected chi connectivity index (χ0v) is 12.2. The van der Waals surface area contributed by atoms with Gasteiger partial charge in [0.15, 0.2) is 0 Å². The summed E-state index contributed by atoms with van der Waals surface area (Å²) >= 11 is 1.91. The Bertz CT molecular complexity index is 754. The minimum atomic E-state index is 0.742. The number of hydrogen-bond acceptors (Lipinski definition) is 2. The highest BCUT2D eigenvalue weighted by atomic mass is 32.1. The lowest BCUT2D eigenvalue weighted by atomic mass is 10.0. The lowest BCUT2D eigenvalue weighted by molar-refractivity contribution is 0.415. The lowest BCUT2D eigenvalue weighted by Gasteiger charge is -2.04. The molecule has 1 aliphatic carbocycles. The third-order valence-corrected chi connectivity index (χ3v) is 5.19. The van der Waals surface area contributed by atoms with Crippen molar-refractivity contribution in [1.82, 2.24) is 0 Å². The molecule has 1 nitrogen and oxygen atoms in total. The summed E-state index contributed by atoms with van der Waals surface area (Å²) in [5, 5.41) is 1.38. The fraction of sp³-hybridized carbons (Fsp3) is 0.222. The molecule has 0 radical (unpaired) electrons. The highest BCUT2D eigenvalue weighted by Gasteiger charge is 2.30. The van der Waals surface area contributed by atoms with Gasteiger partial charge in [0.1, 0.15) is 5.75 Å². The molecule has 3 aromatic rings. The van der Waals surface area contributed by atoms with Crippen molar-refractivity contribution in [2.75, 3.05) is 7.11 Å². The van der Waals surface area contributed by atoms with Crippen LogP contribution in [-0.4, -0.2) is 7.11 Å². The number of rotatable bonds is 3. The van der Waals surface area contributed by atoms with Crippen molar-refractivity contribution in [2.24, 2.45) is 0 Å². The molecule has 1 heterocycles. The van der Waals surface area contributed by atoms with Gasteiger partial charge in [-0.25, -0.2) is 0 Å².